The van der Waals surface area contributed by atoms with Gasteiger partial charge in [0.2, 0.25) is 5.91 Å². The summed E-state index contributed by atoms with van der Waals surface area (Å²) in [7, 11) is 0. The molecule has 2 N–H and O–H groups in total. The molecule has 3 amide bonds. The van der Waals surface area contributed by atoms with Gasteiger partial charge in [-0.3, -0.25) is 14.7 Å². The van der Waals surface area contributed by atoms with Crippen LogP contribution in [0.2, 0.25) is 0 Å². The maximum absolute atomic E-state index is 12.4. The highest BCUT2D eigenvalue weighted by molar-refractivity contribution is 7.99. The molecule has 0 aliphatic heterocycles. The van der Waals surface area contributed by atoms with E-state index in [2.05, 4.69) is 33.8 Å². The Morgan fingerprint density at radius 1 is 1.12 bits per heavy atom. The molecule has 1 fully saturated rings. The molecule has 1 aromatic carbocycles. The number of nitrogens with one attached hydrogen (secondary N) is 2. The average Bonchev–Trinajstić information content (AvgIpc) is 3.45. The highest BCUT2D eigenvalue weighted by Gasteiger charge is 2.23. The van der Waals surface area contributed by atoms with Crippen molar-refractivity contribution in [3.63, 3.8) is 0 Å². The molecule has 0 radical (unpaired) electrons. The first-order valence-electron chi connectivity index (χ1n) is 10.9. The molecule has 0 spiro atoms. The van der Waals surface area contributed by atoms with Crippen LogP contribution in [0.1, 0.15) is 43.3 Å². The van der Waals surface area contributed by atoms with Gasteiger partial charge in [-0.05, 0) is 42.3 Å². The summed E-state index contributed by atoms with van der Waals surface area (Å²) in [6.07, 6.45) is 5.05. The Morgan fingerprint density at radius 2 is 1.94 bits per heavy atom. The number of rotatable bonds is 7. The van der Waals surface area contributed by atoms with Gasteiger partial charge in [0.15, 0.2) is 5.16 Å². The van der Waals surface area contributed by atoms with Crippen LogP contribution in [0.5, 0.6) is 0 Å². The summed E-state index contributed by atoms with van der Waals surface area (Å²) >= 11 is 2.95. The van der Waals surface area contributed by atoms with Gasteiger partial charge in [-0.15, -0.1) is 21.5 Å². The SMILES string of the molecule is CC1CCCCC1NC(=O)NC(=O)CSc1nnc(Cc2cccs2)n1-c1ccccc1. The Kier molecular flexibility index (Phi) is 7.59. The Morgan fingerprint density at radius 3 is 2.69 bits per heavy atom. The van der Waals surface area contributed by atoms with Crippen LogP contribution in [0.15, 0.2) is 53.0 Å². The van der Waals surface area contributed by atoms with E-state index in [9.17, 15) is 9.59 Å². The van der Waals surface area contributed by atoms with Gasteiger partial charge in [0.05, 0.1) is 5.75 Å². The molecule has 1 aliphatic carbocycles. The smallest absolute Gasteiger partial charge is 0.321 e. The van der Waals surface area contributed by atoms with E-state index >= 15 is 0 Å². The highest BCUT2D eigenvalue weighted by Crippen LogP contribution is 2.25. The Hall–Kier alpha value is -2.65. The molecule has 0 bridgehead atoms. The molecule has 2 aromatic heterocycles. The van der Waals surface area contributed by atoms with Crippen molar-refractivity contribution < 1.29 is 9.59 Å². The van der Waals surface area contributed by atoms with E-state index in [1.807, 2.05) is 46.3 Å². The third kappa shape index (κ3) is 5.77. The van der Waals surface area contributed by atoms with Gasteiger partial charge >= 0.3 is 6.03 Å². The predicted molar refractivity (Wildman–Crippen MR) is 127 cm³/mol. The standard InChI is InChI=1S/C23H27N5O2S2/c1-16-8-5-6-12-19(16)24-22(30)25-21(29)15-32-23-27-26-20(14-18-11-7-13-31-18)28(23)17-9-3-2-4-10-17/h2-4,7,9-11,13,16,19H,5-6,8,12,14-15H2,1H3,(H2,24,25,29,30). The van der Waals surface area contributed by atoms with Gasteiger partial charge in [-0.2, -0.15) is 0 Å². The summed E-state index contributed by atoms with van der Waals surface area (Å²) in [5.41, 5.74) is 0.941. The number of thioether (sulfide) groups is 1. The molecule has 1 saturated carbocycles. The molecule has 9 heteroatoms. The van der Waals surface area contributed by atoms with Gasteiger partial charge in [0.1, 0.15) is 5.82 Å². The van der Waals surface area contributed by atoms with E-state index in [0.717, 1.165) is 30.8 Å². The highest BCUT2D eigenvalue weighted by atomic mass is 32.2. The maximum Gasteiger partial charge on any atom is 0.321 e. The van der Waals surface area contributed by atoms with Gasteiger partial charge < -0.3 is 5.32 Å². The first-order chi connectivity index (χ1) is 15.6. The number of aromatic nitrogens is 3. The lowest BCUT2D eigenvalue weighted by Gasteiger charge is -2.29. The van der Waals surface area contributed by atoms with E-state index in [4.69, 9.17) is 0 Å². The second-order valence-corrected chi connectivity index (χ2v) is 9.98. The third-order valence-electron chi connectivity index (χ3n) is 5.64. The van der Waals surface area contributed by atoms with E-state index in [1.54, 1.807) is 11.3 Å². The second kappa shape index (κ2) is 10.8. The summed E-state index contributed by atoms with van der Waals surface area (Å²) in [4.78, 5) is 25.9. The zero-order valence-corrected chi connectivity index (χ0v) is 19.6. The van der Waals surface area contributed by atoms with Gasteiger partial charge in [-0.25, -0.2) is 4.79 Å². The molecule has 2 unspecified atom stereocenters. The van der Waals surface area contributed by atoms with Crippen LogP contribution in [0.3, 0.4) is 0 Å². The first-order valence-corrected chi connectivity index (χ1v) is 12.7. The topological polar surface area (TPSA) is 88.9 Å². The van der Waals surface area contributed by atoms with Crippen molar-refractivity contribution in [2.45, 2.75) is 50.2 Å². The molecule has 168 valence electrons. The molecular weight excluding hydrogens is 442 g/mol. The summed E-state index contributed by atoms with van der Waals surface area (Å²) in [6.45, 7) is 2.14. The molecule has 4 rings (SSSR count). The fourth-order valence-electron chi connectivity index (χ4n) is 3.94. The van der Waals surface area contributed by atoms with Crippen LogP contribution in [0, 0.1) is 5.92 Å². The molecule has 1 aliphatic rings. The normalized spacial score (nSPS) is 18.3. The number of para-hydroxylation sites is 1. The molecule has 32 heavy (non-hydrogen) atoms. The molecular formula is C23H27N5O2S2. The van der Waals surface area contributed by atoms with Crippen molar-refractivity contribution in [1.29, 1.82) is 0 Å². The quantitative estimate of drug-likeness (QED) is 0.500. The summed E-state index contributed by atoms with van der Waals surface area (Å²) in [5, 5.41) is 16.8. The maximum atomic E-state index is 12.4. The molecule has 2 heterocycles. The van der Waals surface area contributed by atoms with Crippen LogP contribution >= 0.6 is 23.1 Å². The zero-order chi connectivity index (χ0) is 22.3. The van der Waals surface area contributed by atoms with Crippen molar-refractivity contribution in [3.8, 4) is 5.69 Å². The van der Waals surface area contributed by atoms with Crippen molar-refractivity contribution in [1.82, 2.24) is 25.4 Å². The lowest BCUT2D eigenvalue weighted by atomic mass is 9.86. The van der Waals surface area contributed by atoms with Crippen molar-refractivity contribution in [2.24, 2.45) is 5.92 Å². The molecule has 2 atom stereocenters. The van der Waals surface area contributed by atoms with Gasteiger partial charge in [-0.1, -0.05) is 55.8 Å². The van der Waals surface area contributed by atoms with Gasteiger partial charge in [0, 0.05) is 23.0 Å². The monoisotopic (exact) mass is 469 g/mol. The number of benzene rings is 1. The van der Waals surface area contributed by atoms with Crippen LogP contribution in [0.4, 0.5) is 4.79 Å². The number of carbonyl (C=O) groups is 2. The summed E-state index contributed by atoms with van der Waals surface area (Å²) in [5.74, 6) is 0.978. The molecule has 0 saturated heterocycles. The zero-order valence-electron chi connectivity index (χ0n) is 18.0. The summed E-state index contributed by atoms with van der Waals surface area (Å²) < 4.78 is 1.97. The number of carbonyl (C=O) groups excluding carboxylic acids is 2. The first kappa shape index (κ1) is 22.5. The lowest BCUT2D eigenvalue weighted by molar-refractivity contribution is -0.117. The number of hydrogen-bond donors (Lipinski definition) is 2. The van der Waals surface area contributed by atoms with Crippen molar-refractivity contribution >= 4 is 35.0 Å². The lowest BCUT2D eigenvalue weighted by Crippen LogP contribution is -2.48. The van der Waals surface area contributed by atoms with Crippen LogP contribution in [-0.2, 0) is 11.2 Å². The summed E-state index contributed by atoms with van der Waals surface area (Å²) in [6, 6.07) is 13.7. The van der Waals surface area contributed by atoms with Crippen molar-refractivity contribution in [3.05, 3.63) is 58.5 Å². The fraction of sp³-hybridized carbons (Fsp3) is 0.391. The fourth-order valence-corrected chi connectivity index (χ4v) is 5.41. The van der Waals surface area contributed by atoms with Crippen LogP contribution in [0.25, 0.3) is 5.69 Å². The Labute approximate surface area is 196 Å². The van der Waals surface area contributed by atoms with E-state index in [0.29, 0.717) is 17.5 Å². The van der Waals surface area contributed by atoms with Gasteiger partial charge in [0.25, 0.3) is 0 Å². The average molecular weight is 470 g/mol. The number of nitrogens with zero attached hydrogens (tertiary/aromatic N) is 3. The van der Waals surface area contributed by atoms with E-state index < -0.39 is 6.03 Å². The number of urea groups is 1. The molecule has 7 nitrogen and oxygen atoms in total. The Bertz CT molecular complexity index is 1040. The van der Waals surface area contributed by atoms with Crippen LogP contribution in [-0.4, -0.2) is 38.5 Å². The number of imide groups is 1. The Balaban J connectivity index is 1.39. The number of hydrogen-bond acceptors (Lipinski definition) is 6. The largest absolute Gasteiger partial charge is 0.335 e. The minimum atomic E-state index is -0.419. The predicted octanol–water partition coefficient (Wildman–Crippen LogP) is 4.42. The van der Waals surface area contributed by atoms with Crippen molar-refractivity contribution in [2.75, 3.05) is 5.75 Å². The second-order valence-electron chi connectivity index (χ2n) is 8.00. The van der Waals surface area contributed by atoms with E-state index in [1.165, 1.54) is 23.1 Å². The minimum Gasteiger partial charge on any atom is -0.335 e. The minimum absolute atomic E-state index is 0.0810. The number of thiophene rings is 1. The van der Waals surface area contributed by atoms with Crippen LogP contribution < -0.4 is 10.6 Å². The molecule has 3 aromatic rings. The number of amides is 3. The van der Waals surface area contributed by atoms with E-state index in [-0.39, 0.29) is 17.7 Å². The third-order valence-corrected chi connectivity index (χ3v) is 7.45.